The van der Waals surface area contributed by atoms with Crippen molar-refractivity contribution in [1.29, 1.82) is 0 Å². The number of nitrogens with zero attached hydrogens (tertiary/aromatic N) is 1. The average Bonchev–Trinajstić information content (AvgIpc) is 2.98. The van der Waals surface area contributed by atoms with E-state index in [0.29, 0.717) is 11.2 Å². The largest absolute Gasteiger partial charge is 0.478 e. The number of hydrogen-bond donors (Lipinski definition) is 2. The number of fused-ring (bicyclic) bond motifs is 1. The molecule has 2 N–H and O–H groups in total. The smallest absolute Gasteiger partial charge is 0.338 e. The molecule has 0 radical (unpaired) electrons. The number of nitrogens with one attached hydrogen (secondary N) is 1. The highest BCUT2D eigenvalue weighted by Gasteiger charge is 2.15. The van der Waals surface area contributed by atoms with Gasteiger partial charge in [0.15, 0.2) is 5.76 Å². The molecule has 0 fully saturated rings. The predicted octanol–water partition coefficient (Wildman–Crippen LogP) is 2.78. The number of aromatic carboxylic acids is 1. The lowest BCUT2D eigenvalue weighted by Gasteiger charge is -2.06. The van der Waals surface area contributed by atoms with Gasteiger partial charge in [-0.3, -0.25) is 9.78 Å². The third kappa shape index (κ3) is 2.46. The number of carbonyl (C=O) groups excluding carboxylic acids is 1. The summed E-state index contributed by atoms with van der Waals surface area (Å²) in [6.45, 7) is 0. The number of hydrogen-bond acceptors (Lipinski definition) is 4. The highest BCUT2D eigenvalue weighted by atomic mass is 16.4. The quantitative estimate of drug-likeness (QED) is 0.770. The lowest BCUT2D eigenvalue weighted by atomic mass is 10.2. The van der Waals surface area contributed by atoms with Crippen LogP contribution in [0.4, 0.5) is 5.69 Å². The number of furan rings is 1. The number of benzene rings is 1. The van der Waals surface area contributed by atoms with Crippen LogP contribution in [0, 0.1) is 0 Å². The number of pyridine rings is 1. The van der Waals surface area contributed by atoms with Crippen LogP contribution >= 0.6 is 0 Å². The normalized spacial score (nSPS) is 10.5. The number of rotatable bonds is 3. The Morgan fingerprint density at radius 1 is 1.19 bits per heavy atom. The second-order valence-electron chi connectivity index (χ2n) is 4.34. The molecular formula is C15H10N2O4. The van der Waals surface area contributed by atoms with Gasteiger partial charge in [-0.1, -0.05) is 18.2 Å². The van der Waals surface area contributed by atoms with Gasteiger partial charge in [-0.2, -0.15) is 0 Å². The van der Waals surface area contributed by atoms with E-state index in [2.05, 4.69) is 10.3 Å². The molecule has 0 aliphatic carbocycles. The van der Waals surface area contributed by atoms with Gasteiger partial charge < -0.3 is 14.8 Å². The third-order valence-electron chi connectivity index (χ3n) is 2.95. The Kier molecular flexibility index (Phi) is 3.12. The van der Waals surface area contributed by atoms with Crippen molar-refractivity contribution in [3.8, 4) is 0 Å². The lowest BCUT2D eigenvalue weighted by molar-refractivity contribution is 0.0696. The Bertz CT molecular complexity index is 833. The van der Waals surface area contributed by atoms with E-state index < -0.39 is 11.9 Å². The number of carboxylic acids is 1. The van der Waals surface area contributed by atoms with Gasteiger partial charge in [-0.15, -0.1) is 0 Å². The first-order valence-corrected chi connectivity index (χ1v) is 6.12. The van der Waals surface area contributed by atoms with Gasteiger partial charge in [0, 0.05) is 17.6 Å². The maximum Gasteiger partial charge on any atom is 0.338 e. The number of para-hydroxylation sites is 1. The molecule has 0 spiro atoms. The Morgan fingerprint density at radius 3 is 2.76 bits per heavy atom. The van der Waals surface area contributed by atoms with Crippen LogP contribution in [0.15, 0.2) is 53.3 Å². The third-order valence-corrected chi connectivity index (χ3v) is 2.95. The summed E-state index contributed by atoms with van der Waals surface area (Å²) in [5, 5.41) is 12.4. The van der Waals surface area contributed by atoms with Gasteiger partial charge in [0.1, 0.15) is 6.26 Å². The van der Waals surface area contributed by atoms with Crippen molar-refractivity contribution in [1.82, 2.24) is 4.98 Å². The molecule has 0 unspecified atom stereocenters. The molecule has 6 nitrogen and oxygen atoms in total. The minimum absolute atomic E-state index is 0.0691. The highest BCUT2D eigenvalue weighted by molar-refractivity contribution is 6.07. The highest BCUT2D eigenvalue weighted by Crippen LogP contribution is 2.21. The Labute approximate surface area is 119 Å². The zero-order valence-electron chi connectivity index (χ0n) is 10.7. The molecule has 104 valence electrons. The van der Waals surface area contributed by atoms with Gasteiger partial charge in [0.25, 0.3) is 5.91 Å². The SMILES string of the molecule is O=C(O)c1coc(C(=O)Nc2cccc3cccnc23)c1. The second kappa shape index (κ2) is 5.09. The summed E-state index contributed by atoms with van der Waals surface area (Å²) in [5.74, 6) is -1.74. The van der Waals surface area contributed by atoms with Crippen LogP contribution in [-0.4, -0.2) is 22.0 Å². The van der Waals surface area contributed by atoms with E-state index in [1.807, 2.05) is 12.1 Å². The van der Waals surface area contributed by atoms with Crippen LogP contribution in [0.25, 0.3) is 10.9 Å². The van der Waals surface area contributed by atoms with Crippen molar-refractivity contribution in [2.75, 3.05) is 5.32 Å². The van der Waals surface area contributed by atoms with Crippen molar-refractivity contribution in [2.45, 2.75) is 0 Å². The molecule has 0 saturated carbocycles. The number of aromatic nitrogens is 1. The molecule has 2 aromatic heterocycles. The van der Waals surface area contributed by atoms with Crippen LogP contribution in [0.1, 0.15) is 20.9 Å². The summed E-state index contributed by atoms with van der Waals surface area (Å²) >= 11 is 0. The summed E-state index contributed by atoms with van der Waals surface area (Å²) in [7, 11) is 0. The summed E-state index contributed by atoms with van der Waals surface area (Å²) in [4.78, 5) is 27.1. The molecule has 0 aliphatic rings. The molecule has 6 heteroatoms. The minimum atomic E-state index is -1.15. The van der Waals surface area contributed by atoms with Gasteiger partial charge in [-0.05, 0) is 12.1 Å². The van der Waals surface area contributed by atoms with Crippen LogP contribution in [-0.2, 0) is 0 Å². The van der Waals surface area contributed by atoms with E-state index in [9.17, 15) is 9.59 Å². The van der Waals surface area contributed by atoms with Crippen molar-refractivity contribution in [2.24, 2.45) is 0 Å². The Balaban J connectivity index is 1.91. The number of anilines is 1. The first-order valence-electron chi connectivity index (χ1n) is 6.12. The summed E-state index contributed by atoms with van der Waals surface area (Å²) < 4.78 is 4.96. The molecular weight excluding hydrogens is 272 g/mol. The summed E-state index contributed by atoms with van der Waals surface area (Å²) in [5.41, 5.74) is 1.11. The van der Waals surface area contributed by atoms with Crippen molar-refractivity contribution in [3.05, 3.63) is 60.2 Å². The Morgan fingerprint density at radius 2 is 2.00 bits per heavy atom. The van der Waals surface area contributed by atoms with Crippen molar-refractivity contribution in [3.63, 3.8) is 0 Å². The molecule has 1 aromatic carbocycles. The predicted molar refractivity (Wildman–Crippen MR) is 75.4 cm³/mol. The summed E-state index contributed by atoms with van der Waals surface area (Å²) in [6.07, 6.45) is 2.66. The van der Waals surface area contributed by atoms with E-state index in [4.69, 9.17) is 9.52 Å². The fourth-order valence-corrected chi connectivity index (χ4v) is 1.96. The van der Waals surface area contributed by atoms with E-state index in [1.165, 1.54) is 6.07 Å². The molecule has 3 aromatic rings. The van der Waals surface area contributed by atoms with Crippen molar-refractivity contribution < 1.29 is 19.1 Å². The van der Waals surface area contributed by atoms with Crippen LogP contribution in [0.3, 0.4) is 0 Å². The van der Waals surface area contributed by atoms with Crippen LogP contribution < -0.4 is 5.32 Å². The van der Waals surface area contributed by atoms with Crippen LogP contribution in [0.2, 0.25) is 0 Å². The molecule has 0 aliphatic heterocycles. The second-order valence-corrected chi connectivity index (χ2v) is 4.34. The fraction of sp³-hybridized carbons (Fsp3) is 0. The fourth-order valence-electron chi connectivity index (χ4n) is 1.96. The van der Waals surface area contributed by atoms with Gasteiger partial charge >= 0.3 is 5.97 Å². The van der Waals surface area contributed by atoms with Gasteiger partial charge in [0.2, 0.25) is 0 Å². The zero-order valence-corrected chi connectivity index (χ0v) is 10.7. The zero-order chi connectivity index (χ0) is 14.8. The number of amides is 1. The lowest BCUT2D eigenvalue weighted by Crippen LogP contribution is -2.11. The minimum Gasteiger partial charge on any atom is -0.478 e. The maximum absolute atomic E-state index is 12.1. The molecule has 1 amide bonds. The molecule has 3 rings (SSSR count). The van der Waals surface area contributed by atoms with Gasteiger partial charge in [-0.25, -0.2) is 4.79 Å². The van der Waals surface area contributed by atoms with E-state index >= 15 is 0 Å². The summed E-state index contributed by atoms with van der Waals surface area (Å²) in [6, 6.07) is 10.3. The molecule has 0 atom stereocenters. The molecule has 0 bridgehead atoms. The molecule has 0 saturated heterocycles. The maximum atomic E-state index is 12.1. The molecule has 2 heterocycles. The number of carboxylic acid groups (broad SMARTS) is 1. The van der Waals surface area contributed by atoms with E-state index in [-0.39, 0.29) is 11.3 Å². The first kappa shape index (κ1) is 12.9. The monoisotopic (exact) mass is 282 g/mol. The average molecular weight is 282 g/mol. The first-order chi connectivity index (χ1) is 10.1. The topological polar surface area (TPSA) is 92.4 Å². The van der Waals surface area contributed by atoms with E-state index in [1.54, 1.807) is 24.4 Å². The number of carbonyl (C=O) groups is 2. The Hall–Kier alpha value is -3.15. The van der Waals surface area contributed by atoms with Crippen LogP contribution in [0.5, 0.6) is 0 Å². The van der Waals surface area contributed by atoms with Gasteiger partial charge in [0.05, 0.1) is 16.8 Å². The van der Waals surface area contributed by atoms with E-state index in [0.717, 1.165) is 11.6 Å². The molecule has 21 heavy (non-hydrogen) atoms. The van der Waals surface area contributed by atoms with Crippen molar-refractivity contribution >= 4 is 28.5 Å². The standard InChI is InChI=1S/C15H10N2O4/c18-14(12-7-10(8-21-12)15(19)20)17-11-5-1-3-9-4-2-6-16-13(9)11/h1-8H,(H,17,18)(H,19,20).